The van der Waals surface area contributed by atoms with Gasteiger partial charge in [0.05, 0.1) is 6.61 Å². The Morgan fingerprint density at radius 1 is 1.75 bits per heavy atom. The lowest BCUT2D eigenvalue weighted by atomic mass is 10.2. The maximum Gasteiger partial charge on any atom is 0.324 e. The Kier molecular flexibility index (Phi) is 3.49. The molecule has 0 aliphatic carbocycles. The number of hydrogen-bond donors (Lipinski definition) is 1. The zero-order chi connectivity index (χ0) is 8.97. The van der Waals surface area contributed by atoms with Crippen molar-refractivity contribution in [2.45, 2.75) is 13.0 Å². The van der Waals surface area contributed by atoms with Crippen molar-refractivity contribution in [3.63, 3.8) is 0 Å². The highest BCUT2D eigenvalue weighted by Crippen LogP contribution is 2.01. The van der Waals surface area contributed by atoms with E-state index in [1.165, 1.54) is 0 Å². The van der Waals surface area contributed by atoms with Gasteiger partial charge in [0.15, 0.2) is 0 Å². The van der Waals surface area contributed by atoms with E-state index in [2.05, 4.69) is 5.32 Å². The van der Waals surface area contributed by atoms with E-state index >= 15 is 0 Å². The second-order valence-corrected chi connectivity index (χ2v) is 2.95. The van der Waals surface area contributed by atoms with Gasteiger partial charge in [0, 0.05) is 19.6 Å². The standard InChI is InChI=1S/C8H16N2O2/c1-3-12-8(11)7-6-9-4-5-10(7)2/h7,9H,3-6H2,1-2H3. The molecule has 1 unspecified atom stereocenters. The summed E-state index contributed by atoms with van der Waals surface area (Å²) in [6, 6.07) is -0.0984. The van der Waals surface area contributed by atoms with Gasteiger partial charge in [-0.05, 0) is 14.0 Å². The van der Waals surface area contributed by atoms with Gasteiger partial charge in [0.25, 0.3) is 0 Å². The molecule has 1 rings (SSSR count). The molecule has 1 fully saturated rings. The number of likely N-dealkylation sites (N-methyl/N-ethyl adjacent to an activating group) is 1. The van der Waals surface area contributed by atoms with Crippen LogP contribution in [0.2, 0.25) is 0 Å². The quantitative estimate of drug-likeness (QED) is 0.568. The molecule has 0 radical (unpaired) electrons. The second-order valence-electron chi connectivity index (χ2n) is 2.95. The monoisotopic (exact) mass is 172 g/mol. The first-order chi connectivity index (χ1) is 5.75. The molecular weight excluding hydrogens is 156 g/mol. The van der Waals surface area contributed by atoms with E-state index in [-0.39, 0.29) is 12.0 Å². The molecule has 0 aromatic rings. The molecule has 1 aliphatic rings. The second kappa shape index (κ2) is 4.42. The number of carbonyl (C=O) groups excluding carboxylic acids is 1. The van der Waals surface area contributed by atoms with Crippen LogP contribution in [0.5, 0.6) is 0 Å². The molecule has 12 heavy (non-hydrogen) atoms. The summed E-state index contributed by atoms with van der Waals surface area (Å²) in [6.07, 6.45) is 0. The molecule has 1 aliphatic heterocycles. The van der Waals surface area contributed by atoms with Crippen LogP contribution in [-0.4, -0.2) is 50.2 Å². The Bertz CT molecular complexity index is 161. The fraction of sp³-hybridized carbons (Fsp3) is 0.875. The van der Waals surface area contributed by atoms with Crippen molar-refractivity contribution in [2.24, 2.45) is 0 Å². The number of nitrogens with zero attached hydrogens (tertiary/aromatic N) is 1. The minimum Gasteiger partial charge on any atom is -0.465 e. The Morgan fingerprint density at radius 2 is 2.50 bits per heavy atom. The molecule has 0 spiro atoms. The SMILES string of the molecule is CCOC(=O)C1CNCCN1C. The van der Waals surface area contributed by atoms with E-state index < -0.39 is 0 Å². The highest BCUT2D eigenvalue weighted by atomic mass is 16.5. The minimum absolute atomic E-state index is 0.0984. The van der Waals surface area contributed by atoms with Gasteiger partial charge in [-0.1, -0.05) is 0 Å². The van der Waals surface area contributed by atoms with Crippen LogP contribution in [0.1, 0.15) is 6.92 Å². The van der Waals surface area contributed by atoms with Crippen LogP contribution in [0.25, 0.3) is 0 Å². The van der Waals surface area contributed by atoms with Gasteiger partial charge in [-0.2, -0.15) is 0 Å². The summed E-state index contributed by atoms with van der Waals surface area (Å²) in [5, 5.41) is 3.16. The first kappa shape index (κ1) is 9.48. The van der Waals surface area contributed by atoms with Crippen molar-refractivity contribution in [1.82, 2.24) is 10.2 Å². The van der Waals surface area contributed by atoms with Gasteiger partial charge in [0.2, 0.25) is 0 Å². The molecule has 0 amide bonds. The summed E-state index contributed by atoms with van der Waals surface area (Å²) in [7, 11) is 1.95. The molecule has 0 aromatic carbocycles. The van der Waals surface area contributed by atoms with Gasteiger partial charge < -0.3 is 10.1 Å². The number of ether oxygens (including phenoxy) is 1. The smallest absolute Gasteiger partial charge is 0.324 e. The Morgan fingerprint density at radius 3 is 3.08 bits per heavy atom. The van der Waals surface area contributed by atoms with E-state index in [0.717, 1.165) is 13.1 Å². The van der Waals surface area contributed by atoms with E-state index in [1.807, 2.05) is 18.9 Å². The van der Waals surface area contributed by atoms with Crippen molar-refractivity contribution in [3.05, 3.63) is 0 Å². The molecule has 0 bridgehead atoms. The van der Waals surface area contributed by atoms with Crippen LogP contribution in [-0.2, 0) is 9.53 Å². The summed E-state index contributed by atoms with van der Waals surface area (Å²) >= 11 is 0. The summed E-state index contributed by atoms with van der Waals surface area (Å²) in [5.74, 6) is -0.118. The van der Waals surface area contributed by atoms with Gasteiger partial charge >= 0.3 is 5.97 Å². The van der Waals surface area contributed by atoms with E-state index in [4.69, 9.17) is 4.74 Å². The van der Waals surface area contributed by atoms with Crippen molar-refractivity contribution >= 4 is 5.97 Å². The summed E-state index contributed by atoms with van der Waals surface area (Å²) in [4.78, 5) is 13.3. The third kappa shape index (κ3) is 2.19. The molecule has 1 N–H and O–H groups in total. The molecule has 4 heteroatoms. The van der Waals surface area contributed by atoms with Crippen molar-refractivity contribution in [3.8, 4) is 0 Å². The van der Waals surface area contributed by atoms with Crippen LogP contribution < -0.4 is 5.32 Å². The van der Waals surface area contributed by atoms with E-state index in [9.17, 15) is 4.79 Å². The number of carbonyl (C=O) groups is 1. The number of piperazine rings is 1. The molecule has 4 nitrogen and oxygen atoms in total. The van der Waals surface area contributed by atoms with Crippen LogP contribution in [0, 0.1) is 0 Å². The summed E-state index contributed by atoms with van der Waals surface area (Å²) < 4.78 is 4.93. The highest BCUT2D eigenvalue weighted by molar-refractivity contribution is 5.76. The van der Waals surface area contributed by atoms with E-state index in [1.54, 1.807) is 0 Å². The van der Waals surface area contributed by atoms with Crippen LogP contribution in [0.15, 0.2) is 0 Å². The maximum absolute atomic E-state index is 11.3. The minimum atomic E-state index is -0.118. The van der Waals surface area contributed by atoms with Crippen molar-refractivity contribution < 1.29 is 9.53 Å². The fourth-order valence-electron chi connectivity index (χ4n) is 1.31. The summed E-state index contributed by atoms with van der Waals surface area (Å²) in [6.45, 7) is 4.85. The Labute approximate surface area is 72.9 Å². The predicted octanol–water partition coefficient (Wildman–Crippen LogP) is -0.547. The van der Waals surface area contributed by atoms with Gasteiger partial charge in [-0.3, -0.25) is 9.69 Å². The van der Waals surface area contributed by atoms with Gasteiger partial charge in [-0.15, -0.1) is 0 Å². The van der Waals surface area contributed by atoms with Gasteiger partial charge in [0.1, 0.15) is 6.04 Å². The molecule has 1 heterocycles. The highest BCUT2D eigenvalue weighted by Gasteiger charge is 2.26. The average molecular weight is 172 g/mol. The average Bonchev–Trinajstić information content (AvgIpc) is 2.05. The topological polar surface area (TPSA) is 41.6 Å². The summed E-state index contributed by atoms with van der Waals surface area (Å²) in [5.41, 5.74) is 0. The Hall–Kier alpha value is -0.610. The largest absolute Gasteiger partial charge is 0.465 e. The molecule has 1 saturated heterocycles. The third-order valence-corrected chi connectivity index (χ3v) is 2.07. The number of esters is 1. The first-order valence-corrected chi connectivity index (χ1v) is 4.33. The van der Waals surface area contributed by atoms with Crippen LogP contribution in [0.4, 0.5) is 0 Å². The molecule has 70 valence electrons. The molecule has 1 atom stereocenters. The zero-order valence-electron chi connectivity index (χ0n) is 7.67. The normalized spacial score (nSPS) is 25.3. The first-order valence-electron chi connectivity index (χ1n) is 4.33. The lowest BCUT2D eigenvalue weighted by Crippen LogP contribution is -2.53. The predicted molar refractivity (Wildman–Crippen MR) is 45.9 cm³/mol. The number of rotatable bonds is 2. The maximum atomic E-state index is 11.3. The zero-order valence-corrected chi connectivity index (χ0v) is 7.67. The van der Waals surface area contributed by atoms with Crippen LogP contribution >= 0.6 is 0 Å². The Balaban J connectivity index is 2.42. The molecule has 0 aromatic heterocycles. The van der Waals surface area contributed by atoms with Crippen molar-refractivity contribution in [2.75, 3.05) is 33.3 Å². The third-order valence-electron chi connectivity index (χ3n) is 2.07. The molecule has 0 saturated carbocycles. The number of hydrogen-bond acceptors (Lipinski definition) is 4. The van der Waals surface area contributed by atoms with E-state index in [0.29, 0.717) is 13.2 Å². The number of nitrogens with one attached hydrogen (secondary N) is 1. The van der Waals surface area contributed by atoms with Crippen LogP contribution in [0.3, 0.4) is 0 Å². The lowest BCUT2D eigenvalue weighted by Gasteiger charge is -2.30. The van der Waals surface area contributed by atoms with Crippen molar-refractivity contribution in [1.29, 1.82) is 0 Å². The fourth-order valence-corrected chi connectivity index (χ4v) is 1.31. The lowest BCUT2D eigenvalue weighted by molar-refractivity contribution is -0.149. The van der Waals surface area contributed by atoms with Gasteiger partial charge in [-0.25, -0.2) is 0 Å². The molecular formula is C8H16N2O2.